The van der Waals surface area contributed by atoms with E-state index < -0.39 is 0 Å². The van der Waals surface area contributed by atoms with Crippen molar-refractivity contribution in [2.24, 2.45) is 7.05 Å². The fourth-order valence-corrected chi connectivity index (χ4v) is 2.51. The molecule has 0 N–H and O–H groups in total. The third-order valence-electron chi connectivity index (χ3n) is 2.41. The maximum Gasteiger partial charge on any atom is 0.0735 e. The van der Waals surface area contributed by atoms with Crippen LogP contribution in [0.2, 0.25) is 0 Å². The van der Waals surface area contributed by atoms with Crippen molar-refractivity contribution in [1.82, 2.24) is 9.78 Å². The summed E-state index contributed by atoms with van der Waals surface area (Å²) in [6, 6.07) is 10.4. The van der Waals surface area contributed by atoms with Crippen molar-refractivity contribution in [1.29, 1.82) is 0 Å². The van der Waals surface area contributed by atoms with Gasteiger partial charge in [0, 0.05) is 17.6 Å². The van der Waals surface area contributed by atoms with Gasteiger partial charge in [0.25, 0.3) is 0 Å². The molecule has 2 aromatic rings. The van der Waals surface area contributed by atoms with Gasteiger partial charge >= 0.3 is 0 Å². The van der Waals surface area contributed by atoms with Crippen LogP contribution in [0, 0.1) is 13.8 Å². The summed E-state index contributed by atoms with van der Waals surface area (Å²) in [5.74, 6) is 0. The van der Waals surface area contributed by atoms with Gasteiger partial charge in [0.05, 0.1) is 10.6 Å². The summed E-state index contributed by atoms with van der Waals surface area (Å²) >= 11 is 1.78. The van der Waals surface area contributed by atoms with E-state index in [9.17, 15) is 0 Å². The van der Waals surface area contributed by atoms with Crippen molar-refractivity contribution in [2.45, 2.75) is 23.6 Å². The Balaban J connectivity index is 2.32. The van der Waals surface area contributed by atoms with E-state index >= 15 is 0 Å². The maximum absolute atomic E-state index is 4.40. The Morgan fingerprint density at radius 3 is 2.33 bits per heavy atom. The number of rotatable bonds is 2. The summed E-state index contributed by atoms with van der Waals surface area (Å²) in [6.45, 7) is 4.16. The van der Waals surface area contributed by atoms with Crippen LogP contribution >= 0.6 is 11.8 Å². The molecule has 0 aliphatic heterocycles. The molecule has 3 heteroatoms. The molecule has 0 fully saturated rings. The third kappa shape index (κ3) is 2.07. The standard InChI is InChI=1S/C12H14N2S/c1-9-12(10(2)14(3)13-9)15-11-7-5-4-6-8-11/h4-8H,1-3H3. The van der Waals surface area contributed by atoms with E-state index in [4.69, 9.17) is 0 Å². The minimum absolute atomic E-state index is 1.10. The van der Waals surface area contributed by atoms with E-state index in [1.54, 1.807) is 11.8 Å². The van der Waals surface area contributed by atoms with Gasteiger partial charge in [0.1, 0.15) is 0 Å². The molecular formula is C12H14N2S. The lowest BCUT2D eigenvalue weighted by molar-refractivity contribution is 0.729. The van der Waals surface area contributed by atoms with Crippen molar-refractivity contribution >= 4 is 11.8 Å². The predicted molar refractivity (Wildman–Crippen MR) is 63.2 cm³/mol. The molecule has 0 unspecified atom stereocenters. The number of hydrogen-bond donors (Lipinski definition) is 0. The Hall–Kier alpha value is -1.22. The van der Waals surface area contributed by atoms with Crippen LogP contribution in [0.5, 0.6) is 0 Å². The molecule has 0 atom stereocenters. The zero-order valence-electron chi connectivity index (χ0n) is 9.19. The van der Waals surface area contributed by atoms with Crippen molar-refractivity contribution in [2.75, 3.05) is 0 Å². The van der Waals surface area contributed by atoms with Gasteiger partial charge in [-0.1, -0.05) is 30.0 Å². The number of nitrogens with zero attached hydrogens (tertiary/aromatic N) is 2. The van der Waals surface area contributed by atoms with E-state index in [-0.39, 0.29) is 0 Å². The first kappa shape index (κ1) is 10.3. The van der Waals surface area contributed by atoms with E-state index in [1.165, 1.54) is 15.5 Å². The number of benzene rings is 1. The van der Waals surface area contributed by atoms with Crippen LogP contribution in [-0.4, -0.2) is 9.78 Å². The topological polar surface area (TPSA) is 17.8 Å². The first-order valence-electron chi connectivity index (χ1n) is 4.91. The Labute approximate surface area is 94.3 Å². The lowest BCUT2D eigenvalue weighted by Gasteiger charge is -2.01. The highest BCUT2D eigenvalue weighted by Crippen LogP contribution is 2.31. The average molecular weight is 218 g/mol. The predicted octanol–water partition coefficient (Wildman–Crippen LogP) is 3.19. The molecule has 2 nitrogen and oxygen atoms in total. The summed E-state index contributed by atoms with van der Waals surface area (Å²) in [6.07, 6.45) is 0. The van der Waals surface area contributed by atoms with Crippen molar-refractivity contribution in [3.05, 3.63) is 41.7 Å². The molecule has 0 aliphatic carbocycles. The molecule has 78 valence electrons. The van der Waals surface area contributed by atoms with Gasteiger partial charge in [-0.05, 0) is 26.0 Å². The zero-order valence-corrected chi connectivity index (χ0v) is 10.0. The molecule has 0 saturated heterocycles. The maximum atomic E-state index is 4.40. The van der Waals surface area contributed by atoms with Gasteiger partial charge in [0.2, 0.25) is 0 Å². The second-order valence-corrected chi connectivity index (χ2v) is 4.62. The molecule has 1 aromatic carbocycles. The van der Waals surface area contributed by atoms with Gasteiger partial charge in [-0.3, -0.25) is 4.68 Å². The molecule has 0 spiro atoms. The molecular weight excluding hydrogens is 204 g/mol. The lowest BCUT2D eigenvalue weighted by Crippen LogP contribution is -1.92. The number of aryl methyl sites for hydroxylation is 2. The van der Waals surface area contributed by atoms with Crippen molar-refractivity contribution in [3.63, 3.8) is 0 Å². The minimum Gasteiger partial charge on any atom is -0.272 e. The van der Waals surface area contributed by atoms with Crippen LogP contribution < -0.4 is 0 Å². The minimum atomic E-state index is 1.10. The van der Waals surface area contributed by atoms with Crippen LogP contribution in [0.4, 0.5) is 0 Å². The van der Waals surface area contributed by atoms with E-state index in [2.05, 4.69) is 43.2 Å². The first-order valence-corrected chi connectivity index (χ1v) is 5.73. The normalized spacial score (nSPS) is 10.6. The fourth-order valence-electron chi connectivity index (χ4n) is 1.51. The molecule has 1 aromatic heterocycles. The molecule has 0 radical (unpaired) electrons. The van der Waals surface area contributed by atoms with Crippen LogP contribution in [0.25, 0.3) is 0 Å². The second-order valence-electron chi connectivity index (χ2n) is 3.54. The average Bonchev–Trinajstić information content (AvgIpc) is 2.47. The summed E-state index contributed by atoms with van der Waals surface area (Å²) in [7, 11) is 1.98. The molecule has 15 heavy (non-hydrogen) atoms. The summed E-state index contributed by atoms with van der Waals surface area (Å²) < 4.78 is 1.93. The third-order valence-corrected chi connectivity index (χ3v) is 3.71. The summed E-state index contributed by atoms with van der Waals surface area (Å²) in [5.41, 5.74) is 2.32. The molecule has 1 heterocycles. The largest absolute Gasteiger partial charge is 0.272 e. The highest BCUT2D eigenvalue weighted by atomic mass is 32.2. The first-order chi connectivity index (χ1) is 7.18. The summed E-state index contributed by atoms with van der Waals surface area (Å²) in [5, 5.41) is 4.40. The molecule has 0 bridgehead atoms. The van der Waals surface area contributed by atoms with Crippen LogP contribution in [0.1, 0.15) is 11.4 Å². The van der Waals surface area contributed by atoms with Gasteiger partial charge < -0.3 is 0 Å². The van der Waals surface area contributed by atoms with Crippen LogP contribution in [0.15, 0.2) is 40.1 Å². The Bertz CT molecular complexity index is 460. The highest BCUT2D eigenvalue weighted by molar-refractivity contribution is 7.99. The number of aromatic nitrogens is 2. The van der Waals surface area contributed by atoms with Crippen molar-refractivity contribution < 1.29 is 0 Å². The SMILES string of the molecule is Cc1nn(C)c(C)c1Sc1ccccc1. The molecule has 2 rings (SSSR count). The Morgan fingerprint density at radius 1 is 1.13 bits per heavy atom. The van der Waals surface area contributed by atoms with Crippen molar-refractivity contribution in [3.8, 4) is 0 Å². The molecule has 0 aliphatic rings. The monoisotopic (exact) mass is 218 g/mol. The van der Waals surface area contributed by atoms with Gasteiger partial charge in [-0.15, -0.1) is 0 Å². The van der Waals surface area contributed by atoms with Crippen LogP contribution in [-0.2, 0) is 7.05 Å². The van der Waals surface area contributed by atoms with Gasteiger partial charge in [-0.2, -0.15) is 5.10 Å². The van der Waals surface area contributed by atoms with E-state index in [0.717, 1.165) is 5.69 Å². The Morgan fingerprint density at radius 2 is 1.80 bits per heavy atom. The quantitative estimate of drug-likeness (QED) is 0.770. The summed E-state index contributed by atoms with van der Waals surface area (Å²) in [4.78, 5) is 2.53. The molecule has 0 saturated carbocycles. The van der Waals surface area contributed by atoms with E-state index in [0.29, 0.717) is 0 Å². The van der Waals surface area contributed by atoms with E-state index in [1.807, 2.05) is 17.8 Å². The van der Waals surface area contributed by atoms with Crippen LogP contribution in [0.3, 0.4) is 0 Å². The Kier molecular flexibility index (Phi) is 2.82. The zero-order chi connectivity index (χ0) is 10.8. The highest BCUT2D eigenvalue weighted by Gasteiger charge is 2.10. The second kappa shape index (κ2) is 4.11. The van der Waals surface area contributed by atoms with Gasteiger partial charge in [0.15, 0.2) is 0 Å². The smallest absolute Gasteiger partial charge is 0.0735 e. The lowest BCUT2D eigenvalue weighted by atomic mass is 10.4. The fraction of sp³-hybridized carbons (Fsp3) is 0.250. The molecule has 0 amide bonds. The van der Waals surface area contributed by atoms with Gasteiger partial charge in [-0.25, -0.2) is 0 Å². The number of hydrogen-bond acceptors (Lipinski definition) is 2.